The van der Waals surface area contributed by atoms with E-state index in [1.807, 2.05) is 0 Å². The monoisotopic (exact) mass is 194 g/mol. The molecule has 0 aliphatic rings. The van der Waals surface area contributed by atoms with Gasteiger partial charge in [0.25, 0.3) is 0 Å². The summed E-state index contributed by atoms with van der Waals surface area (Å²) in [6.45, 7) is 1.58. The SMILES string of the molecule is CC(=NO)c1noc2cc(F)ccc12. The summed E-state index contributed by atoms with van der Waals surface area (Å²) < 4.78 is 17.6. The zero-order valence-electron chi connectivity index (χ0n) is 7.36. The van der Waals surface area contributed by atoms with Crippen molar-refractivity contribution in [3.63, 3.8) is 0 Å². The van der Waals surface area contributed by atoms with Crippen LogP contribution < -0.4 is 0 Å². The first kappa shape index (κ1) is 8.68. The number of nitrogens with zero attached hydrogens (tertiary/aromatic N) is 2. The minimum Gasteiger partial charge on any atom is -0.411 e. The standard InChI is InChI=1S/C9H7FN2O2/c1-5(11-13)9-7-3-2-6(10)4-8(7)14-12-9/h2-4,13H,1H3. The Bertz CT molecular complexity index is 504. The number of benzene rings is 1. The maximum atomic E-state index is 12.8. The Balaban J connectivity index is 2.70. The van der Waals surface area contributed by atoms with E-state index >= 15 is 0 Å². The van der Waals surface area contributed by atoms with Gasteiger partial charge in [0.05, 0.1) is 5.39 Å². The minimum absolute atomic E-state index is 0.329. The molecular weight excluding hydrogens is 187 g/mol. The molecule has 1 aromatic heterocycles. The molecule has 4 nitrogen and oxygen atoms in total. The van der Waals surface area contributed by atoms with Crippen LogP contribution in [0.5, 0.6) is 0 Å². The van der Waals surface area contributed by atoms with Crippen LogP contribution in [-0.4, -0.2) is 16.1 Å². The lowest BCUT2D eigenvalue weighted by Crippen LogP contribution is -1.94. The third-order valence-corrected chi connectivity index (χ3v) is 1.93. The fraction of sp³-hybridized carbons (Fsp3) is 0.111. The molecule has 1 aromatic carbocycles. The van der Waals surface area contributed by atoms with E-state index in [-0.39, 0.29) is 0 Å². The first-order chi connectivity index (χ1) is 6.72. The number of aromatic nitrogens is 1. The molecule has 14 heavy (non-hydrogen) atoms. The summed E-state index contributed by atoms with van der Waals surface area (Å²) in [7, 11) is 0. The Morgan fingerprint density at radius 1 is 1.57 bits per heavy atom. The summed E-state index contributed by atoms with van der Waals surface area (Å²) in [5.41, 5.74) is 1.08. The number of fused-ring (bicyclic) bond motifs is 1. The highest BCUT2D eigenvalue weighted by Gasteiger charge is 2.11. The van der Waals surface area contributed by atoms with Crippen molar-refractivity contribution in [2.24, 2.45) is 5.16 Å². The molecule has 0 aliphatic heterocycles. The van der Waals surface area contributed by atoms with Gasteiger partial charge < -0.3 is 9.73 Å². The summed E-state index contributed by atoms with van der Waals surface area (Å²) in [6, 6.07) is 4.06. The summed E-state index contributed by atoms with van der Waals surface area (Å²) in [5.74, 6) is -0.390. The fourth-order valence-electron chi connectivity index (χ4n) is 1.22. The Hall–Kier alpha value is -1.91. The highest BCUT2D eigenvalue weighted by molar-refractivity contribution is 6.06. The first-order valence-electron chi connectivity index (χ1n) is 3.96. The summed E-state index contributed by atoms with van der Waals surface area (Å²) in [5, 5.41) is 15.9. The van der Waals surface area contributed by atoms with Crippen molar-refractivity contribution in [2.45, 2.75) is 6.92 Å². The predicted molar refractivity (Wildman–Crippen MR) is 48.0 cm³/mol. The van der Waals surface area contributed by atoms with Gasteiger partial charge in [0.2, 0.25) is 0 Å². The van der Waals surface area contributed by atoms with Gasteiger partial charge in [0.15, 0.2) is 5.58 Å². The highest BCUT2D eigenvalue weighted by atomic mass is 19.1. The van der Waals surface area contributed by atoms with Crippen molar-refractivity contribution >= 4 is 16.7 Å². The zero-order valence-corrected chi connectivity index (χ0v) is 7.36. The number of hydrogen-bond acceptors (Lipinski definition) is 4. The van der Waals surface area contributed by atoms with Gasteiger partial charge in [-0.1, -0.05) is 10.3 Å². The van der Waals surface area contributed by atoms with Gasteiger partial charge in [-0.05, 0) is 19.1 Å². The van der Waals surface area contributed by atoms with Gasteiger partial charge in [-0.25, -0.2) is 4.39 Å². The zero-order chi connectivity index (χ0) is 10.1. The third kappa shape index (κ3) is 1.22. The van der Waals surface area contributed by atoms with Crippen molar-refractivity contribution < 1.29 is 14.1 Å². The summed E-state index contributed by atoms with van der Waals surface area (Å²) in [4.78, 5) is 0. The van der Waals surface area contributed by atoms with E-state index in [4.69, 9.17) is 9.73 Å². The van der Waals surface area contributed by atoms with Crippen LogP contribution in [0.1, 0.15) is 12.6 Å². The maximum Gasteiger partial charge on any atom is 0.170 e. The molecule has 72 valence electrons. The molecule has 0 saturated heterocycles. The van der Waals surface area contributed by atoms with Gasteiger partial charge in [0, 0.05) is 6.07 Å². The molecule has 0 amide bonds. The second-order valence-electron chi connectivity index (χ2n) is 2.86. The summed E-state index contributed by atoms with van der Waals surface area (Å²) in [6.07, 6.45) is 0. The van der Waals surface area contributed by atoms with E-state index in [2.05, 4.69) is 10.3 Å². The van der Waals surface area contributed by atoms with Gasteiger partial charge >= 0.3 is 0 Å². The van der Waals surface area contributed by atoms with E-state index in [9.17, 15) is 4.39 Å². The Labute approximate surface area is 78.6 Å². The Kier molecular flexibility index (Phi) is 1.92. The molecule has 2 rings (SSSR count). The van der Waals surface area contributed by atoms with Crippen LogP contribution in [0.2, 0.25) is 0 Å². The predicted octanol–water partition coefficient (Wildman–Crippen LogP) is 2.17. The molecule has 0 bridgehead atoms. The smallest absolute Gasteiger partial charge is 0.170 e. The molecule has 0 radical (unpaired) electrons. The van der Waals surface area contributed by atoms with Crippen molar-refractivity contribution in [3.8, 4) is 0 Å². The molecule has 0 fully saturated rings. The normalized spacial score (nSPS) is 12.3. The van der Waals surface area contributed by atoms with Gasteiger partial charge in [0.1, 0.15) is 17.2 Å². The number of hydrogen-bond donors (Lipinski definition) is 1. The average molecular weight is 194 g/mol. The second kappa shape index (κ2) is 3.10. The molecule has 0 saturated carbocycles. The van der Waals surface area contributed by atoms with Gasteiger partial charge in [-0.2, -0.15) is 0 Å². The van der Waals surface area contributed by atoms with Crippen LogP contribution in [0.3, 0.4) is 0 Å². The van der Waals surface area contributed by atoms with Gasteiger partial charge in [-0.3, -0.25) is 0 Å². The van der Waals surface area contributed by atoms with Crippen LogP contribution in [0, 0.1) is 5.82 Å². The summed E-state index contributed by atoms with van der Waals surface area (Å²) >= 11 is 0. The van der Waals surface area contributed by atoms with E-state index in [1.54, 1.807) is 6.92 Å². The number of oxime groups is 1. The number of halogens is 1. The first-order valence-corrected chi connectivity index (χ1v) is 3.96. The lowest BCUT2D eigenvalue weighted by atomic mass is 10.1. The van der Waals surface area contributed by atoms with E-state index in [0.29, 0.717) is 22.4 Å². The van der Waals surface area contributed by atoms with Gasteiger partial charge in [-0.15, -0.1) is 0 Å². The quantitative estimate of drug-likeness (QED) is 0.430. The molecule has 1 N–H and O–H groups in total. The van der Waals surface area contributed by atoms with Crippen LogP contribution >= 0.6 is 0 Å². The molecule has 2 aromatic rings. The highest BCUT2D eigenvalue weighted by Crippen LogP contribution is 2.19. The van der Waals surface area contributed by atoms with Crippen LogP contribution in [0.25, 0.3) is 11.0 Å². The van der Waals surface area contributed by atoms with E-state index in [1.165, 1.54) is 18.2 Å². The fourth-order valence-corrected chi connectivity index (χ4v) is 1.22. The lowest BCUT2D eigenvalue weighted by Gasteiger charge is -1.91. The Morgan fingerprint density at radius 3 is 3.07 bits per heavy atom. The van der Waals surface area contributed by atoms with Crippen molar-refractivity contribution in [1.29, 1.82) is 0 Å². The maximum absolute atomic E-state index is 12.8. The molecule has 0 unspecified atom stereocenters. The lowest BCUT2D eigenvalue weighted by molar-refractivity contribution is 0.318. The average Bonchev–Trinajstić information content (AvgIpc) is 2.59. The molecule has 5 heteroatoms. The van der Waals surface area contributed by atoms with Crippen molar-refractivity contribution in [1.82, 2.24) is 5.16 Å². The largest absolute Gasteiger partial charge is 0.411 e. The van der Waals surface area contributed by atoms with Crippen molar-refractivity contribution in [2.75, 3.05) is 0 Å². The van der Waals surface area contributed by atoms with Crippen LogP contribution in [0.4, 0.5) is 4.39 Å². The molecule has 1 heterocycles. The third-order valence-electron chi connectivity index (χ3n) is 1.93. The second-order valence-corrected chi connectivity index (χ2v) is 2.86. The molecular formula is C9H7FN2O2. The van der Waals surface area contributed by atoms with Crippen LogP contribution in [-0.2, 0) is 0 Å². The Morgan fingerprint density at radius 2 is 2.36 bits per heavy atom. The topological polar surface area (TPSA) is 58.6 Å². The molecule has 0 atom stereocenters. The molecule has 0 spiro atoms. The number of rotatable bonds is 1. The minimum atomic E-state index is -0.390. The van der Waals surface area contributed by atoms with E-state index < -0.39 is 5.82 Å². The van der Waals surface area contributed by atoms with E-state index in [0.717, 1.165) is 0 Å². The van der Waals surface area contributed by atoms with Crippen molar-refractivity contribution in [3.05, 3.63) is 29.7 Å². The molecule has 0 aliphatic carbocycles. The van der Waals surface area contributed by atoms with Crippen LogP contribution in [0.15, 0.2) is 27.9 Å².